The molecule has 0 radical (unpaired) electrons. The zero-order valence-corrected chi connectivity index (χ0v) is 19.9. The number of carboxylic acid groups (broad SMARTS) is 1. The molecule has 0 saturated carbocycles. The third-order valence-corrected chi connectivity index (χ3v) is 5.38. The number of methoxy groups -OCH3 is 1. The number of carbonyl (C=O) groups excluding carboxylic acids is 1. The summed E-state index contributed by atoms with van der Waals surface area (Å²) in [7, 11) is 1.61. The molecule has 0 aliphatic carbocycles. The molecular weight excluding hydrogens is 420 g/mol. The van der Waals surface area contributed by atoms with Gasteiger partial charge in [-0.3, -0.25) is 4.79 Å². The van der Waals surface area contributed by atoms with Crippen LogP contribution in [0.25, 0.3) is 0 Å². The summed E-state index contributed by atoms with van der Waals surface area (Å²) in [5, 5.41) is 11.9. The summed E-state index contributed by atoms with van der Waals surface area (Å²) in [4.78, 5) is 25.8. The largest absolute Gasteiger partial charge is 0.497 e. The number of rotatable bonds is 14. The van der Waals surface area contributed by atoms with E-state index >= 15 is 0 Å². The fraction of sp³-hybridized carbons (Fsp3) is 0.462. The Kier molecular flexibility index (Phi) is 11.1. The lowest BCUT2D eigenvalue weighted by atomic mass is 10.1. The standard InChI is InChI=1S/C26H36N2O5/c1-4-5-6-7-8-17-28(26(31)27-22-11-15-23(32-3)16-12-22)18-21-9-13-24(14-10-21)33-19-20(2)25(29)30/h9-16,20H,4-8,17-19H2,1-3H3,(H,27,31)(H,29,30). The van der Waals surface area contributed by atoms with Crippen molar-refractivity contribution < 1.29 is 24.2 Å². The van der Waals surface area contributed by atoms with E-state index in [1.165, 1.54) is 19.3 Å². The molecule has 7 heteroatoms. The van der Waals surface area contributed by atoms with Gasteiger partial charge in [0.25, 0.3) is 0 Å². The number of nitrogens with one attached hydrogen (secondary N) is 1. The molecule has 7 nitrogen and oxygen atoms in total. The zero-order valence-electron chi connectivity index (χ0n) is 19.9. The molecule has 2 N–H and O–H groups in total. The SMILES string of the molecule is CCCCCCCN(Cc1ccc(OCC(C)C(=O)O)cc1)C(=O)Nc1ccc(OC)cc1. The fourth-order valence-corrected chi connectivity index (χ4v) is 3.24. The molecule has 33 heavy (non-hydrogen) atoms. The normalized spacial score (nSPS) is 11.5. The average molecular weight is 457 g/mol. The number of anilines is 1. The minimum atomic E-state index is -0.885. The Morgan fingerprint density at radius 3 is 2.21 bits per heavy atom. The van der Waals surface area contributed by atoms with Crippen LogP contribution in [0.5, 0.6) is 11.5 Å². The first-order valence-corrected chi connectivity index (χ1v) is 11.6. The van der Waals surface area contributed by atoms with Gasteiger partial charge in [0, 0.05) is 18.8 Å². The molecule has 2 aromatic rings. The molecule has 2 aromatic carbocycles. The Balaban J connectivity index is 1.99. The van der Waals surface area contributed by atoms with E-state index in [0.717, 1.165) is 24.2 Å². The van der Waals surface area contributed by atoms with Crippen LogP contribution >= 0.6 is 0 Å². The minimum absolute atomic E-state index is 0.114. The summed E-state index contributed by atoms with van der Waals surface area (Å²) < 4.78 is 10.7. The molecule has 0 saturated heterocycles. The molecule has 2 rings (SSSR count). The van der Waals surface area contributed by atoms with Gasteiger partial charge in [-0.1, -0.05) is 44.7 Å². The van der Waals surface area contributed by atoms with E-state index in [0.29, 0.717) is 24.5 Å². The molecule has 2 amide bonds. The third kappa shape index (κ3) is 9.43. The maximum Gasteiger partial charge on any atom is 0.322 e. The van der Waals surface area contributed by atoms with Gasteiger partial charge in [0.15, 0.2) is 0 Å². The van der Waals surface area contributed by atoms with Crippen LogP contribution in [0.15, 0.2) is 48.5 Å². The van der Waals surface area contributed by atoms with Crippen LogP contribution in [0.4, 0.5) is 10.5 Å². The molecule has 0 heterocycles. The van der Waals surface area contributed by atoms with Crippen LogP contribution in [0.2, 0.25) is 0 Å². The van der Waals surface area contributed by atoms with E-state index in [1.54, 1.807) is 14.0 Å². The molecule has 1 atom stereocenters. The highest BCUT2D eigenvalue weighted by Crippen LogP contribution is 2.18. The summed E-state index contributed by atoms with van der Waals surface area (Å²) in [6.45, 7) is 5.05. The highest BCUT2D eigenvalue weighted by atomic mass is 16.5. The average Bonchev–Trinajstić information content (AvgIpc) is 2.82. The second-order valence-corrected chi connectivity index (χ2v) is 8.19. The van der Waals surface area contributed by atoms with Gasteiger partial charge in [-0.05, 0) is 55.3 Å². The number of urea groups is 1. The highest BCUT2D eigenvalue weighted by molar-refractivity contribution is 5.89. The van der Waals surface area contributed by atoms with E-state index in [-0.39, 0.29) is 12.6 Å². The molecule has 0 aliphatic rings. The summed E-state index contributed by atoms with van der Waals surface area (Å²) in [5.41, 5.74) is 1.69. The van der Waals surface area contributed by atoms with Gasteiger partial charge in [0.05, 0.1) is 13.0 Å². The van der Waals surface area contributed by atoms with Crippen molar-refractivity contribution in [2.45, 2.75) is 52.5 Å². The Bertz CT molecular complexity index is 852. The predicted molar refractivity (Wildman–Crippen MR) is 130 cm³/mol. The Hall–Kier alpha value is -3.22. The van der Waals surface area contributed by atoms with Gasteiger partial charge in [-0.25, -0.2) is 4.79 Å². The quantitative estimate of drug-likeness (QED) is 0.351. The van der Waals surface area contributed by atoms with Crippen LogP contribution in [-0.4, -0.2) is 42.3 Å². The molecule has 0 fully saturated rings. The molecule has 0 aliphatic heterocycles. The number of unbranched alkanes of at least 4 members (excludes halogenated alkanes) is 4. The summed E-state index contributed by atoms with van der Waals surface area (Å²) in [6, 6.07) is 14.6. The first-order valence-electron chi connectivity index (χ1n) is 11.6. The molecule has 0 bridgehead atoms. The van der Waals surface area contributed by atoms with Gasteiger partial charge in [-0.2, -0.15) is 0 Å². The Morgan fingerprint density at radius 1 is 0.970 bits per heavy atom. The lowest BCUT2D eigenvalue weighted by molar-refractivity contribution is -0.142. The lowest BCUT2D eigenvalue weighted by Crippen LogP contribution is -2.35. The van der Waals surface area contributed by atoms with Gasteiger partial charge in [0.1, 0.15) is 18.1 Å². The number of carboxylic acids is 1. The topological polar surface area (TPSA) is 88.1 Å². The number of hydrogen-bond donors (Lipinski definition) is 2. The second kappa shape index (κ2) is 14.0. The molecule has 0 spiro atoms. The third-order valence-electron chi connectivity index (χ3n) is 5.38. The van der Waals surface area contributed by atoms with E-state index in [1.807, 2.05) is 53.4 Å². The molecule has 180 valence electrons. The number of carbonyl (C=O) groups is 2. The fourth-order valence-electron chi connectivity index (χ4n) is 3.24. The second-order valence-electron chi connectivity index (χ2n) is 8.19. The van der Waals surface area contributed by atoms with Crippen molar-refractivity contribution in [1.29, 1.82) is 0 Å². The van der Waals surface area contributed by atoms with Crippen LogP contribution in [0.3, 0.4) is 0 Å². The lowest BCUT2D eigenvalue weighted by Gasteiger charge is -2.23. The number of ether oxygens (including phenoxy) is 2. The van der Waals surface area contributed by atoms with Crippen molar-refractivity contribution in [2.75, 3.05) is 25.6 Å². The van der Waals surface area contributed by atoms with E-state index < -0.39 is 11.9 Å². The van der Waals surface area contributed by atoms with E-state index in [4.69, 9.17) is 14.6 Å². The number of aliphatic carboxylic acids is 1. The van der Waals surface area contributed by atoms with E-state index in [9.17, 15) is 9.59 Å². The van der Waals surface area contributed by atoms with Crippen molar-refractivity contribution in [2.24, 2.45) is 5.92 Å². The van der Waals surface area contributed by atoms with E-state index in [2.05, 4.69) is 12.2 Å². The number of hydrogen-bond acceptors (Lipinski definition) is 4. The van der Waals surface area contributed by atoms with Crippen LogP contribution < -0.4 is 14.8 Å². The van der Waals surface area contributed by atoms with Gasteiger partial charge in [-0.15, -0.1) is 0 Å². The van der Waals surface area contributed by atoms with Gasteiger partial charge in [0.2, 0.25) is 0 Å². The Morgan fingerprint density at radius 2 is 1.61 bits per heavy atom. The molecular formula is C26H36N2O5. The van der Waals surface area contributed by atoms with Crippen LogP contribution in [0.1, 0.15) is 51.5 Å². The van der Waals surface area contributed by atoms with Crippen molar-refractivity contribution in [3.63, 3.8) is 0 Å². The summed E-state index contributed by atoms with van der Waals surface area (Å²) >= 11 is 0. The van der Waals surface area contributed by atoms with Crippen molar-refractivity contribution in [3.8, 4) is 11.5 Å². The van der Waals surface area contributed by atoms with Crippen molar-refractivity contribution >= 4 is 17.7 Å². The first-order chi connectivity index (χ1) is 15.9. The summed E-state index contributed by atoms with van der Waals surface area (Å²) in [5.74, 6) is -0.111. The number of nitrogens with zero attached hydrogens (tertiary/aromatic N) is 1. The maximum atomic E-state index is 13.0. The number of benzene rings is 2. The molecule has 1 unspecified atom stereocenters. The monoisotopic (exact) mass is 456 g/mol. The number of amides is 2. The maximum absolute atomic E-state index is 13.0. The minimum Gasteiger partial charge on any atom is -0.497 e. The van der Waals surface area contributed by atoms with Gasteiger partial charge >= 0.3 is 12.0 Å². The van der Waals surface area contributed by atoms with Crippen LogP contribution in [-0.2, 0) is 11.3 Å². The van der Waals surface area contributed by atoms with Gasteiger partial charge < -0.3 is 24.8 Å². The zero-order chi connectivity index (χ0) is 24.1. The summed E-state index contributed by atoms with van der Waals surface area (Å²) in [6.07, 6.45) is 5.60. The van der Waals surface area contributed by atoms with Crippen LogP contribution in [0, 0.1) is 5.92 Å². The predicted octanol–water partition coefficient (Wildman–Crippen LogP) is 5.80. The van der Waals surface area contributed by atoms with Crippen molar-refractivity contribution in [3.05, 3.63) is 54.1 Å². The smallest absolute Gasteiger partial charge is 0.322 e. The first kappa shape index (κ1) is 26.0. The van der Waals surface area contributed by atoms with Crippen molar-refractivity contribution in [1.82, 2.24) is 4.90 Å². The highest BCUT2D eigenvalue weighted by Gasteiger charge is 2.15. The molecule has 0 aromatic heterocycles. The Labute approximate surface area is 196 Å².